The quantitative estimate of drug-likeness (QED) is 0.456. The molecule has 0 aromatic rings. The van der Waals surface area contributed by atoms with E-state index in [0.29, 0.717) is 6.29 Å². The zero-order chi connectivity index (χ0) is 8.48. The Labute approximate surface area is 68.6 Å². The van der Waals surface area contributed by atoms with Gasteiger partial charge in [0.15, 0.2) is 5.06 Å². The first-order chi connectivity index (χ1) is 5.06. The van der Waals surface area contributed by atoms with Gasteiger partial charge in [0.1, 0.15) is 12.0 Å². The fraction of sp³-hybridized carbons (Fsp3) is 0.286. The topological polar surface area (TPSA) is 57.5 Å². The van der Waals surface area contributed by atoms with Gasteiger partial charge in [0.25, 0.3) is 0 Å². The number of carbonyl (C=O) groups excluding carboxylic acids is 1. The molecule has 4 heteroatoms. The van der Waals surface area contributed by atoms with E-state index >= 15 is 0 Å². The van der Waals surface area contributed by atoms with Crippen LogP contribution >= 0.6 is 11.6 Å². The summed E-state index contributed by atoms with van der Waals surface area (Å²) < 4.78 is 0. The van der Waals surface area contributed by atoms with E-state index in [2.05, 4.69) is 0 Å². The molecule has 0 heterocycles. The van der Waals surface area contributed by atoms with Gasteiger partial charge in [0.05, 0.1) is 5.92 Å². The fourth-order valence-corrected chi connectivity index (χ4v) is 1.07. The molecule has 0 saturated heterocycles. The summed E-state index contributed by atoms with van der Waals surface area (Å²) >= 11 is 5.47. The van der Waals surface area contributed by atoms with Crippen LogP contribution in [0, 0.1) is 5.92 Å². The standard InChI is InChI=1S/C7H7ClO3/c8-7(11)3-6(10)2-1-5(7)4-9/h1-5,10-11H. The fourth-order valence-electron chi connectivity index (χ4n) is 0.830. The second kappa shape index (κ2) is 2.68. The van der Waals surface area contributed by atoms with E-state index < -0.39 is 11.0 Å². The molecule has 0 aliphatic heterocycles. The van der Waals surface area contributed by atoms with Crippen molar-refractivity contribution in [3.63, 3.8) is 0 Å². The van der Waals surface area contributed by atoms with Crippen LogP contribution in [0.1, 0.15) is 0 Å². The van der Waals surface area contributed by atoms with Gasteiger partial charge in [-0.3, -0.25) is 0 Å². The monoisotopic (exact) mass is 174 g/mol. The lowest BCUT2D eigenvalue weighted by molar-refractivity contribution is -0.112. The smallest absolute Gasteiger partial charge is 0.174 e. The average Bonchev–Trinajstić information content (AvgIpc) is 1.85. The lowest BCUT2D eigenvalue weighted by atomic mass is 9.98. The van der Waals surface area contributed by atoms with Crippen molar-refractivity contribution in [2.45, 2.75) is 5.06 Å². The van der Waals surface area contributed by atoms with Crippen LogP contribution in [0.15, 0.2) is 24.0 Å². The van der Waals surface area contributed by atoms with Crippen LogP contribution in [-0.4, -0.2) is 21.6 Å². The molecule has 0 amide bonds. The maximum absolute atomic E-state index is 10.3. The average molecular weight is 175 g/mol. The Kier molecular flexibility index (Phi) is 2.02. The molecule has 0 saturated carbocycles. The van der Waals surface area contributed by atoms with Crippen molar-refractivity contribution < 1.29 is 15.0 Å². The van der Waals surface area contributed by atoms with Gasteiger partial charge < -0.3 is 15.0 Å². The maximum atomic E-state index is 10.3. The summed E-state index contributed by atoms with van der Waals surface area (Å²) in [5, 5.41) is 16.3. The summed E-state index contributed by atoms with van der Waals surface area (Å²) in [7, 11) is 0. The normalized spacial score (nSPS) is 36.5. The third-order valence-corrected chi connectivity index (χ3v) is 1.80. The Morgan fingerprint density at radius 3 is 2.82 bits per heavy atom. The van der Waals surface area contributed by atoms with E-state index in [0.717, 1.165) is 6.08 Å². The maximum Gasteiger partial charge on any atom is 0.174 e. The molecule has 11 heavy (non-hydrogen) atoms. The van der Waals surface area contributed by atoms with Crippen molar-refractivity contribution in [2.75, 3.05) is 0 Å². The summed E-state index contributed by atoms with van der Waals surface area (Å²) in [6.45, 7) is 0. The second-order valence-electron chi connectivity index (χ2n) is 2.32. The van der Waals surface area contributed by atoms with E-state index in [1.807, 2.05) is 0 Å². The molecule has 1 rings (SSSR count). The molecule has 0 radical (unpaired) electrons. The number of hydrogen-bond donors (Lipinski definition) is 2. The second-order valence-corrected chi connectivity index (χ2v) is 2.92. The van der Waals surface area contributed by atoms with Crippen molar-refractivity contribution in [2.24, 2.45) is 5.92 Å². The van der Waals surface area contributed by atoms with Gasteiger partial charge in [-0.2, -0.15) is 0 Å². The van der Waals surface area contributed by atoms with E-state index in [1.165, 1.54) is 12.2 Å². The molecule has 2 N–H and O–H groups in total. The first-order valence-corrected chi connectivity index (χ1v) is 3.40. The lowest BCUT2D eigenvalue weighted by Gasteiger charge is -2.23. The molecular formula is C7H7ClO3. The van der Waals surface area contributed by atoms with Crippen molar-refractivity contribution in [1.29, 1.82) is 0 Å². The third-order valence-electron chi connectivity index (χ3n) is 1.44. The number of alkyl halides is 1. The Morgan fingerprint density at radius 2 is 2.36 bits per heavy atom. The molecule has 0 aromatic carbocycles. The van der Waals surface area contributed by atoms with Crippen LogP contribution in [0.5, 0.6) is 0 Å². The van der Waals surface area contributed by atoms with Crippen LogP contribution in [-0.2, 0) is 4.79 Å². The third kappa shape index (κ3) is 1.61. The molecule has 0 spiro atoms. The number of aliphatic hydroxyl groups is 2. The number of rotatable bonds is 1. The zero-order valence-electron chi connectivity index (χ0n) is 5.57. The van der Waals surface area contributed by atoms with Crippen molar-refractivity contribution in [1.82, 2.24) is 0 Å². The van der Waals surface area contributed by atoms with Gasteiger partial charge in [-0.25, -0.2) is 0 Å². The Bertz CT molecular complexity index is 230. The van der Waals surface area contributed by atoms with Gasteiger partial charge >= 0.3 is 0 Å². The highest BCUT2D eigenvalue weighted by Crippen LogP contribution is 2.28. The SMILES string of the molecule is O=CC1C=CC(O)=CC1(O)Cl. The molecule has 2 atom stereocenters. The molecule has 0 fully saturated rings. The van der Waals surface area contributed by atoms with E-state index in [1.54, 1.807) is 0 Å². The minimum Gasteiger partial charge on any atom is -0.508 e. The molecule has 0 aromatic heterocycles. The van der Waals surface area contributed by atoms with Gasteiger partial charge in [-0.1, -0.05) is 17.7 Å². The summed E-state index contributed by atoms with van der Waals surface area (Å²) in [5.41, 5.74) is 0. The molecule has 2 unspecified atom stereocenters. The van der Waals surface area contributed by atoms with Crippen LogP contribution in [0.25, 0.3) is 0 Å². The lowest BCUT2D eigenvalue weighted by Crippen LogP contribution is -2.31. The van der Waals surface area contributed by atoms with Crippen molar-refractivity contribution >= 4 is 17.9 Å². The predicted octanol–water partition coefficient (Wildman–Crippen LogP) is 0.741. The number of aldehydes is 1. The first kappa shape index (κ1) is 8.30. The Morgan fingerprint density at radius 1 is 1.73 bits per heavy atom. The van der Waals surface area contributed by atoms with E-state index in [4.69, 9.17) is 16.7 Å². The summed E-state index contributed by atoms with van der Waals surface area (Å²) in [6.07, 6.45) is 4.20. The predicted molar refractivity (Wildman–Crippen MR) is 40.2 cm³/mol. The van der Waals surface area contributed by atoms with Gasteiger partial charge in [0.2, 0.25) is 0 Å². The molecule has 1 aliphatic carbocycles. The zero-order valence-corrected chi connectivity index (χ0v) is 6.32. The number of allylic oxidation sites excluding steroid dienone is 1. The van der Waals surface area contributed by atoms with Gasteiger partial charge in [-0.05, 0) is 6.08 Å². The number of halogens is 1. The highest BCUT2D eigenvalue weighted by atomic mass is 35.5. The number of carbonyl (C=O) groups is 1. The van der Waals surface area contributed by atoms with Gasteiger partial charge in [-0.15, -0.1) is 0 Å². The summed E-state index contributed by atoms with van der Waals surface area (Å²) in [6, 6.07) is 0. The first-order valence-electron chi connectivity index (χ1n) is 3.03. The Hall–Kier alpha value is -0.800. The van der Waals surface area contributed by atoms with E-state index in [9.17, 15) is 9.90 Å². The molecule has 60 valence electrons. The largest absolute Gasteiger partial charge is 0.508 e. The highest BCUT2D eigenvalue weighted by molar-refractivity contribution is 6.25. The summed E-state index contributed by atoms with van der Waals surface area (Å²) in [4.78, 5) is 10.3. The molecular weight excluding hydrogens is 168 g/mol. The number of hydrogen-bond acceptors (Lipinski definition) is 3. The van der Waals surface area contributed by atoms with Crippen LogP contribution in [0.2, 0.25) is 0 Å². The van der Waals surface area contributed by atoms with Crippen LogP contribution in [0.3, 0.4) is 0 Å². The van der Waals surface area contributed by atoms with Crippen molar-refractivity contribution in [3.05, 3.63) is 24.0 Å². The minimum atomic E-state index is -1.78. The molecule has 3 nitrogen and oxygen atoms in total. The van der Waals surface area contributed by atoms with Crippen molar-refractivity contribution in [3.8, 4) is 0 Å². The summed E-state index contributed by atoms with van der Waals surface area (Å²) in [5.74, 6) is -0.930. The van der Waals surface area contributed by atoms with Gasteiger partial charge in [0, 0.05) is 6.08 Å². The minimum absolute atomic E-state index is 0.138. The van der Waals surface area contributed by atoms with Crippen LogP contribution < -0.4 is 0 Å². The van der Waals surface area contributed by atoms with E-state index in [-0.39, 0.29) is 5.76 Å². The number of aliphatic hydroxyl groups excluding tert-OH is 1. The van der Waals surface area contributed by atoms with Crippen LogP contribution in [0.4, 0.5) is 0 Å². The molecule has 1 aliphatic rings. The highest BCUT2D eigenvalue weighted by Gasteiger charge is 2.33. The Balaban J connectivity index is 2.92. The molecule has 0 bridgehead atoms.